The first-order valence-electron chi connectivity index (χ1n) is 16.4. The van der Waals surface area contributed by atoms with E-state index in [2.05, 4.69) is 19.2 Å². The van der Waals surface area contributed by atoms with Crippen LogP contribution in [0.1, 0.15) is 84.5 Å². The van der Waals surface area contributed by atoms with Gasteiger partial charge in [0, 0.05) is 6.42 Å². The molecule has 9 N–H and O–H groups in total. The van der Waals surface area contributed by atoms with Crippen LogP contribution in [0.3, 0.4) is 0 Å². The van der Waals surface area contributed by atoms with Crippen LogP contribution in [0.2, 0.25) is 0 Å². The smallest absolute Gasteiger partial charge is 0.220 e. The van der Waals surface area contributed by atoms with Crippen molar-refractivity contribution in [2.45, 2.75) is 158 Å². The molecule has 0 saturated carbocycles. The first-order valence-corrected chi connectivity index (χ1v) is 16.4. The van der Waals surface area contributed by atoms with Crippen LogP contribution < -0.4 is 5.32 Å². The van der Waals surface area contributed by atoms with E-state index in [1.165, 1.54) is 0 Å². The van der Waals surface area contributed by atoms with Gasteiger partial charge >= 0.3 is 0 Å². The van der Waals surface area contributed by atoms with Crippen molar-refractivity contribution in [3.63, 3.8) is 0 Å². The zero-order valence-electron chi connectivity index (χ0n) is 26.6. The molecule has 12 unspecified atom stereocenters. The quantitative estimate of drug-likeness (QED) is 0.0557. The summed E-state index contributed by atoms with van der Waals surface area (Å²) in [7, 11) is 0. The summed E-state index contributed by atoms with van der Waals surface area (Å²) < 4.78 is 22.3. The van der Waals surface area contributed by atoms with Gasteiger partial charge in [0.05, 0.1) is 32.0 Å². The van der Waals surface area contributed by atoms with E-state index in [4.69, 9.17) is 18.9 Å². The molecule has 0 bridgehead atoms. The number of ether oxygens (including phenoxy) is 4. The Morgan fingerprint density at radius 3 is 2.04 bits per heavy atom. The van der Waals surface area contributed by atoms with Gasteiger partial charge in [-0.2, -0.15) is 0 Å². The monoisotopic (exact) mass is 651 g/mol. The summed E-state index contributed by atoms with van der Waals surface area (Å²) in [5.74, 6) is -0.260. The molecule has 2 heterocycles. The minimum atomic E-state index is -1.78. The number of nitrogens with one attached hydrogen (secondary N) is 1. The largest absolute Gasteiger partial charge is 0.394 e. The highest BCUT2D eigenvalue weighted by Gasteiger charge is 2.50. The summed E-state index contributed by atoms with van der Waals surface area (Å²) in [6.45, 7) is 2.51. The molecule has 2 fully saturated rings. The maximum atomic E-state index is 12.7. The fraction of sp³-hybridized carbons (Fsp3) is 0.903. The van der Waals surface area contributed by atoms with Crippen LogP contribution in [0.5, 0.6) is 0 Å². The van der Waals surface area contributed by atoms with Crippen molar-refractivity contribution in [2.24, 2.45) is 0 Å². The molecular weight excluding hydrogens is 594 g/mol. The predicted molar refractivity (Wildman–Crippen MR) is 162 cm³/mol. The molecule has 0 aliphatic carbocycles. The normalized spacial score (nSPS) is 33.7. The van der Waals surface area contributed by atoms with E-state index in [9.17, 15) is 45.6 Å². The minimum Gasteiger partial charge on any atom is -0.394 e. The summed E-state index contributed by atoms with van der Waals surface area (Å²) in [6, 6.07) is -0.899. The van der Waals surface area contributed by atoms with Gasteiger partial charge < -0.3 is 65.1 Å². The van der Waals surface area contributed by atoms with E-state index in [1.807, 2.05) is 6.08 Å². The standard InChI is InChI=1S/C31H57NO13/c1-3-5-7-9-11-13-15-23(36)32-19(20(35)14-12-10-8-6-4-2)18-42-30-28(41)26(39)29(22(17-34)44-30)45-31-27(40)25(38)24(37)21(16-33)43-31/h12,14,19-22,24-31,33-35,37-41H,3-11,13,15-18H2,1-2H3,(H,32,36)/b14-12+. The highest BCUT2D eigenvalue weighted by molar-refractivity contribution is 5.76. The van der Waals surface area contributed by atoms with Crippen molar-refractivity contribution in [3.05, 3.63) is 12.2 Å². The van der Waals surface area contributed by atoms with Crippen molar-refractivity contribution in [1.29, 1.82) is 0 Å². The average molecular weight is 652 g/mol. The number of amides is 1. The lowest BCUT2D eigenvalue weighted by molar-refractivity contribution is -0.359. The Labute approximate surface area is 266 Å². The molecule has 14 heteroatoms. The Bertz CT molecular complexity index is 831. The molecule has 0 aromatic carbocycles. The molecule has 264 valence electrons. The van der Waals surface area contributed by atoms with E-state index in [0.717, 1.165) is 57.8 Å². The molecular formula is C31H57NO13. The number of carbonyl (C=O) groups excluding carboxylic acids is 1. The number of unbranched alkanes of at least 4 members (excludes halogenated alkanes) is 8. The third-order valence-electron chi connectivity index (χ3n) is 8.22. The Morgan fingerprint density at radius 1 is 0.778 bits per heavy atom. The molecule has 0 radical (unpaired) electrons. The highest BCUT2D eigenvalue weighted by Crippen LogP contribution is 2.29. The van der Waals surface area contributed by atoms with Crippen molar-refractivity contribution >= 4 is 5.91 Å². The molecule has 0 aromatic heterocycles. The molecule has 0 spiro atoms. The molecule has 45 heavy (non-hydrogen) atoms. The molecule has 1 amide bonds. The van der Waals surface area contributed by atoms with Gasteiger partial charge in [0.15, 0.2) is 12.6 Å². The van der Waals surface area contributed by atoms with Gasteiger partial charge in [0.1, 0.15) is 48.8 Å². The maximum Gasteiger partial charge on any atom is 0.220 e. The topological polar surface area (TPSA) is 228 Å². The SMILES string of the molecule is CCCCC/C=C/C(O)C(COC1OC(CO)C(OC2OC(CO)C(O)C(O)C2O)C(O)C1O)NC(=O)CCCCCCCC. The van der Waals surface area contributed by atoms with Crippen molar-refractivity contribution in [3.8, 4) is 0 Å². The Morgan fingerprint density at radius 2 is 1.38 bits per heavy atom. The van der Waals surface area contributed by atoms with E-state index in [-0.39, 0.29) is 18.9 Å². The minimum absolute atomic E-state index is 0.260. The second-order valence-corrected chi connectivity index (χ2v) is 11.9. The summed E-state index contributed by atoms with van der Waals surface area (Å²) in [5, 5.41) is 85.1. The van der Waals surface area contributed by atoms with Crippen LogP contribution in [-0.2, 0) is 23.7 Å². The first kappa shape index (κ1) is 39.9. The Hall–Kier alpha value is -1.27. The number of hydrogen-bond acceptors (Lipinski definition) is 13. The Kier molecular flexibility index (Phi) is 19.1. The summed E-state index contributed by atoms with van der Waals surface area (Å²) >= 11 is 0. The lowest BCUT2D eigenvalue weighted by Crippen LogP contribution is -2.65. The highest BCUT2D eigenvalue weighted by atomic mass is 16.7. The lowest BCUT2D eigenvalue weighted by Gasteiger charge is -2.46. The summed E-state index contributed by atoms with van der Waals surface area (Å²) in [6.07, 6.45) is -3.32. The van der Waals surface area contributed by atoms with E-state index < -0.39 is 86.8 Å². The predicted octanol–water partition coefficient (Wildman–Crippen LogP) is -0.640. The number of aliphatic hydroxyl groups excluding tert-OH is 8. The fourth-order valence-corrected chi connectivity index (χ4v) is 5.34. The second kappa shape index (κ2) is 21.6. The molecule has 12 atom stereocenters. The van der Waals surface area contributed by atoms with Gasteiger partial charge in [-0.05, 0) is 19.3 Å². The van der Waals surface area contributed by atoms with Gasteiger partial charge in [0.25, 0.3) is 0 Å². The van der Waals surface area contributed by atoms with E-state index >= 15 is 0 Å². The van der Waals surface area contributed by atoms with Gasteiger partial charge in [-0.1, -0.05) is 70.9 Å². The number of allylic oxidation sites excluding steroid dienone is 1. The Balaban J connectivity index is 2.03. The zero-order chi connectivity index (χ0) is 33.4. The van der Waals surface area contributed by atoms with Crippen molar-refractivity contribution in [2.75, 3.05) is 19.8 Å². The molecule has 2 aliphatic heterocycles. The number of aliphatic hydroxyl groups is 8. The summed E-state index contributed by atoms with van der Waals surface area (Å²) in [4.78, 5) is 12.7. The lowest BCUT2D eigenvalue weighted by atomic mass is 9.97. The molecule has 0 aromatic rings. The van der Waals surface area contributed by atoms with Crippen LogP contribution in [0.15, 0.2) is 12.2 Å². The van der Waals surface area contributed by atoms with Crippen LogP contribution in [-0.4, -0.2) is 140 Å². The third-order valence-corrected chi connectivity index (χ3v) is 8.22. The van der Waals surface area contributed by atoms with Gasteiger partial charge in [-0.3, -0.25) is 4.79 Å². The van der Waals surface area contributed by atoms with Gasteiger partial charge in [0.2, 0.25) is 5.91 Å². The van der Waals surface area contributed by atoms with Crippen molar-refractivity contribution in [1.82, 2.24) is 5.32 Å². The van der Waals surface area contributed by atoms with Crippen molar-refractivity contribution < 1.29 is 64.6 Å². The molecule has 2 aliphatic rings. The second-order valence-electron chi connectivity index (χ2n) is 11.9. The number of rotatable bonds is 21. The van der Waals surface area contributed by atoms with Crippen LogP contribution in [0, 0.1) is 0 Å². The number of carbonyl (C=O) groups is 1. The van der Waals surface area contributed by atoms with E-state index in [0.29, 0.717) is 6.42 Å². The molecule has 2 rings (SSSR count). The van der Waals surface area contributed by atoms with Gasteiger partial charge in [-0.25, -0.2) is 0 Å². The molecule has 14 nitrogen and oxygen atoms in total. The fourth-order valence-electron chi connectivity index (χ4n) is 5.34. The zero-order valence-corrected chi connectivity index (χ0v) is 26.6. The van der Waals surface area contributed by atoms with Crippen LogP contribution in [0.25, 0.3) is 0 Å². The molecule has 2 saturated heterocycles. The first-order chi connectivity index (χ1) is 21.6. The van der Waals surface area contributed by atoms with Crippen LogP contribution in [0.4, 0.5) is 0 Å². The van der Waals surface area contributed by atoms with Crippen LogP contribution >= 0.6 is 0 Å². The van der Waals surface area contributed by atoms with Gasteiger partial charge in [-0.15, -0.1) is 0 Å². The van der Waals surface area contributed by atoms with E-state index in [1.54, 1.807) is 6.08 Å². The third kappa shape index (κ3) is 12.7. The average Bonchev–Trinajstić information content (AvgIpc) is 3.03. The maximum absolute atomic E-state index is 12.7. The summed E-state index contributed by atoms with van der Waals surface area (Å²) in [5.41, 5.74) is 0. The number of hydrogen-bond donors (Lipinski definition) is 9.